The monoisotopic (exact) mass is 293 g/mol. The fourth-order valence-corrected chi connectivity index (χ4v) is 1.82. The number of hydrogen-bond acceptors (Lipinski definition) is 3. The highest BCUT2D eigenvalue weighted by atomic mass is 19.3. The minimum atomic E-state index is -3.00. The van der Waals surface area contributed by atoms with Crippen LogP contribution in [-0.2, 0) is 0 Å². The van der Waals surface area contributed by atoms with Crippen LogP contribution in [0, 0.1) is 0 Å². The molecule has 0 aliphatic rings. The predicted octanol–water partition coefficient (Wildman–Crippen LogP) is 3.27. The number of anilines is 1. The van der Waals surface area contributed by atoms with Crippen molar-refractivity contribution in [2.75, 3.05) is 11.9 Å². The summed E-state index contributed by atoms with van der Waals surface area (Å²) in [5.74, 6) is -0.596. The number of alkyl halides is 2. The van der Waals surface area contributed by atoms with Gasteiger partial charge in [0.2, 0.25) is 0 Å². The number of phenols is 1. The number of nitrogens with zero attached hydrogens (tertiary/aromatic N) is 1. The number of phenolic OH excluding ortho intramolecular Hbond substituents is 1. The van der Waals surface area contributed by atoms with E-state index in [-0.39, 0.29) is 17.1 Å². The molecule has 1 N–H and O–H groups in total. The molecule has 0 radical (unpaired) electrons. The summed E-state index contributed by atoms with van der Waals surface area (Å²) in [7, 11) is 1.51. The topological polar surface area (TPSA) is 49.8 Å². The lowest BCUT2D eigenvalue weighted by Gasteiger charge is -2.19. The molecule has 4 nitrogen and oxygen atoms in total. The molecule has 21 heavy (non-hydrogen) atoms. The maximum Gasteiger partial charge on any atom is 0.387 e. The molecule has 0 unspecified atom stereocenters. The third kappa shape index (κ3) is 3.47. The largest absolute Gasteiger partial charge is 0.508 e. The van der Waals surface area contributed by atoms with Crippen LogP contribution in [-0.4, -0.2) is 24.7 Å². The first-order valence-corrected chi connectivity index (χ1v) is 6.10. The van der Waals surface area contributed by atoms with E-state index >= 15 is 0 Å². The zero-order chi connectivity index (χ0) is 15.4. The van der Waals surface area contributed by atoms with Gasteiger partial charge in [0, 0.05) is 12.7 Å². The first kappa shape index (κ1) is 14.8. The van der Waals surface area contributed by atoms with Crippen LogP contribution < -0.4 is 9.64 Å². The zero-order valence-electron chi connectivity index (χ0n) is 11.2. The van der Waals surface area contributed by atoms with Crippen molar-refractivity contribution in [2.45, 2.75) is 6.61 Å². The molecule has 0 spiro atoms. The number of halogens is 2. The van der Waals surface area contributed by atoms with E-state index in [0.29, 0.717) is 5.69 Å². The highest BCUT2D eigenvalue weighted by Gasteiger charge is 2.19. The van der Waals surface area contributed by atoms with Crippen molar-refractivity contribution < 1.29 is 23.4 Å². The number of benzene rings is 2. The normalized spacial score (nSPS) is 10.5. The molecule has 0 aliphatic heterocycles. The summed E-state index contributed by atoms with van der Waals surface area (Å²) in [6.07, 6.45) is 0. The van der Waals surface area contributed by atoms with Crippen molar-refractivity contribution in [3.05, 3.63) is 54.1 Å². The van der Waals surface area contributed by atoms with E-state index in [0.717, 1.165) is 0 Å². The van der Waals surface area contributed by atoms with Crippen LogP contribution in [0.4, 0.5) is 14.5 Å². The van der Waals surface area contributed by atoms with Crippen molar-refractivity contribution in [1.82, 2.24) is 0 Å². The molecule has 0 heterocycles. The van der Waals surface area contributed by atoms with Crippen LogP contribution in [0.2, 0.25) is 0 Å². The number of carbonyl (C=O) groups excluding carboxylic acids is 1. The summed E-state index contributed by atoms with van der Waals surface area (Å²) in [5.41, 5.74) is 0.554. The fraction of sp³-hybridized carbons (Fsp3) is 0.133. The zero-order valence-corrected chi connectivity index (χ0v) is 11.2. The Kier molecular flexibility index (Phi) is 4.37. The number of rotatable bonds is 4. The van der Waals surface area contributed by atoms with E-state index in [9.17, 15) is 18.7 Å². The quantitative estimate of drug-likeness (QED) is 0.941. The van der Waals surface area contributed by atoms with Gasteiger partial charge in [-0.25, -0.2) is 0 Å². The number of hydrogen-bond donors (Lipinski definition) is 1. The Morgan fingerprint density at radius 1 is 1.14 bits per heavy atom. The lowest BCUT2D eigenvalue weighted by molar-refractivity contribution is -0.0501. The molecule has 6 heteroatoms. The first-order valence-electron chi connectivity index (χ1n) is 6.10. The third-order valence-electron chi connectivity index (χ3n) is 2.88. The van der Waals surface area contributed by atoms with Gasteiger partial charge in [-0.15, -0.1) is 0 Å². The Morgan fingerprint density at radius 2 is 1.76 bits per heavy atom. The Bertz CT molecular complexity index is 629. The second-order valence-electron chi connectivity index (χ2n) is 4.26. The standard InChI is InChI=1S/C15H13F2NO3/c1-18(10-6-8-11(19)9-7-10)14(20)12-4-2-3-5-13(12)21-15(16)17/h2-9,15,19H,1H3. The molecular weight excluding hydrogens is 280 g/mol. The molecule has 0 atom stereocenters. The Hall–Kier alpha value is -2.63. The summed E-state index contributed by atoms with van der Waals surface area (Å²) in [6, 6.07) is 11.8. The fourth-order valence-electron chi connectivity index (χ4n) is 1.82. The Morgan fingerprint density at radius 3 is 2.38 bits per heavy atom. The number of ether oxygens (including phenoxy) is 1. The van der Waals surface area contributed by atoms with Crippen molar-refractivity contribution in [1.29, 1.82) is 0 Å². The molecule has 2 rings (SSSR count). The minimum Gasteiger partial charge on any atom is -0.508 e. The highest BCUT2D eigenvalue weighted by molar-refractivity contribution is 6.07. The van der Waals surface area contributed by atoms with Crippen LogP contribution in [0.25, 0.3) is 0 Å². The van der Waals surface area contributed by atoms with Crippen LogP contribution in [0.15, 0.2) is 48.5 Å². The van der Waals surface area contributed by atoms with Crippen LogP contribution in [0.5, 0.6) is 11.5 Å². The molecule has 1 amide bonds. The van der Waals surface area contributed by atoms with Gasteiger partial charge in [-0.05, 0) is 36.4 Å². The molecule has 0 bridgehead atoms. The minimum absolute atomic E-state index is 0.0355. The van der Waals surface area contributed by atoms with Crippen molar-refractivity contribution in [3.63, 3.8) is 0 Å². The van der Waals surface area contributed by atoms with Gasteiger partial charge in [0.1, 0.15) is 11.5 Å². The maximum atomic E-state index is 12.4. The van der Waals surface area contributed by atoms with Gasteiger partial charge in [0.15, 0.2) is 0 Å². The van der Waals surface area contributed by atoms with Crippen molar-refractivity contribution >= 4 is 11.6 Å². The van der Waals surface area contributed by atoms with Gasteiger partial charge in [-0.3, -0.25) is 4.79 Å². The third-order valence-corrected chi connectivity index (χ3v) is 2.88. The average Bonchev–Trinajstić information content (AvgIpc) is 2.46. The second kappa shape index (κ2) is 6.21. The maximum absolute atomic E-state index is 12.4. The second-order valence-corrected chi connectivity index (χ2v) is 4.26. The van der Waals surface area contributed by atoms with E-state index in [4.69, 9.17) is 0 Å². The molecule has 2 aromatic carbocycles. The SMILES string of the molecule is CN(C(=O)c1ccccc1OC(F)F)c1ccc(O)cc1. The lowest BCUT2D eigenvalue weighted by Crippen LogP contribution is -2.26. The first-order chi connectivity index (χ1) is 9.99. The summed E-state index contributed by atoms with van der Waals surface area (Å²) in [4.78, 5) is 13.7. The van der Waals surface area contributed by atoms with Gasteiger partial charge in [-0.1, -0.05) is 12.1 Å². The van der Waals surface area contributed by atoms with E-state index < -0.39 is 12.5 Å². The molecule has 2 aromatic rings. The van der Waals surface area contributed by atoms with E-state index in [2.05, 4.69) is 4.74 Å². The Balaban J connectivity index is 2.29. The van der Waals surface area contributed by atoms with Gasteiger partial charge in [0.25, 0.3) is 5.91 Å². The smallest absolute Gasteiger partial charge is 0.387 e. The number of aromatic hydroxyl groups is 1. The van der Waals surface area contributed by atoms with Gasteiger partial charge in [0.05, 0.1) is 5.56 Å². The highest BCUT2D eigenvalue weighted by Crippen LogP contribution is 2.24. The van der Waals surface area contributed by atoms with Crippen LogP contribution in [0.1, 0.15) is 10.4 Å². The van der Waals surface area contributed by atoms with Crippen LogP contribution >= 0.6 is 0 Å². The van der Waals surface area contributed by atoms with Crippen molar-refractivity contribution in [3.8, 4) is 11.5 Å². The molecular formula is C15H13F2NO3. The summed E-state index contributed by atoms with van der Waals surface area (Å²) in [5, 5.41) is 9.23. The number of para-hydroxylation sites is 1. The Labute approximate surface area is 120 Å². The molecule has 110 valence electrons. The molecule has 0 saturated carbocycles. The summed E-state index contributed by atoms with van der Waals surface area (Å²) >= 11 is 0. The van der Waals surface area contributed by atoms with E-state index in [1.54, 1.807) is 18.2 Å². The summed E-state index contributed by atoms with van der Waals surface area (Å²) in [6.45, 7) is -3.00. The molecule has 0 saturated heterocycles. The molecule has 0 fully saturated rings. The van der Waals surface area contributed by atoms with Gasteiger partial charge in [-0.2, -0.15) is 8.78 Å². The summed E-state index contributed by atoms with van der Waals surface area (Å²) < 4.78 is 29.1. The molecule has 0 aliphatic carbocycles. The number of carbonyl (C=O) groups is 1. The van der Waals surface area contributed by atoms with Gasteiger partial charge < -0.3 is 14.7 Å². The van der Waals surface area contributed by atoms with E-state index in [1.807, 2.05) is 0 Å². The van der Waals surface area contributed by atoms with E-state index in [1.165, 1.54) is 42.3 Å². The number of amides is 1. The lowest BCUT2D eigenvalue weighted by atomic mass is 10.1. The van der Waals surface area contributed by atoms with Crippen LogP contribution in [0.3, 0.4) is 0 Å². The van der Waals surface area contributed by atoms with Gasteiger partial charge >= 0.3 is 6.61 Å². The average molecular weight is 293 g/mol. The molecule has 0 aromatic heterocycles. The van der Waals surface area contributed by atoms with Crippen molar-refractivity contribution in [2.24, 2.45) is 0 Å². The predicted molar refractivity (Wildman–Crippen MR) is 73.9 cm³/mol.